The quantitative estimate of drug-likeness (QED) is 0.218. The van der Waals surface area contributed by atoms with Crippen LogP contribution in [0.3, 0.4) is 0 Å². The molecule has 0 saturated carbocycles. The Labute approximate surface area is 183 Å². The molecule has 0 N–H and O–H groups in total. The highest BCUT2D eigenvalue weighted by Gasteiger charge is 2.12. The number of hydrogen-bond donors (Lipinski definition) is 0. The predicted molar refractivity (Wildman–Crippen MR) is 121 cm³/mol. The van der Waals surface area contributed by atoms with E-state index < -0.39 is 5.97 Å². The molecule has 0 bridgehead atoms. The highest BCUT2D eigenvalue weighted by Crippen LogP contribution is 2.27. The average molecular weight is 423 g/mol. The summed E-state index contributed by atoms with van der Waals surface area (Å²) in [5.41, 5.74) is 3.57. The van der Waals surface area contributed by atoms with E-state index in [1.54, 1.807) is 18.2 Å². The maximum Gasteiger partial charge on any atom is 0.343 e. The van der Waals surface area contributed by atoms with Gasteiger partial charge in [0.25, 0.3) is 0 Å². The first-order valence-electron chi connectivity index (χ1n) is 10.5. The molecular formula is C25H27ClN2O2. The third-order valence-electron chi connectivity index (χ3n) is 4.89. The van der Waals surface area contributed by atoms with Gasteiger partial charge in [-0.1, -0.05) is 62.9 Å². The fourth-order valence-electron chi connectivity index (χ4n) is 3.20. The normalized spacial score (nSPS) is 10.8. The molecule has 0 atom stereocenters. The second kappa shape index (κ2) is 10.9. The first-order chi connectivity index (χ1) is 14.6. The van der Waals surface area contributed by atoms with Crippen molar-refractivity contribution in [1.29, 1.82) is 0 Å². The molecule has 1 aromatic heterocycles. The fraction of sp³-hybridized carbons (Fsp3) is 0.320. The summed E-state index contributed by atoms with van der Waals surface area (Å²) < 4.78 is 5.50. The van der Waals surface area contributed by atoms with Crippen molar-refractivity contribution in [1.82, 2.24) is 9.97 Å². The maximum atomic E-state index is 12.5. The Hall–Kier alpha value is -2.72. The predicted octanol–water partition coefficient (Wildman–Crippen LogP) is 6.70. The van der Waals surface area contributed by atoms with Crippen LogP contribution in [0.15, 0.2) is 54.9 Å². The highest BCUT2D eigenvalue weighted by molar-refractivity contribution is 6.32. The molecule has 0 radical (unpaired) electrons. The molecule has 5 heteroatoms. The smallest absolute Gasteiger partial charge is 0.343 e. The van der Waals surface area contributed by atoms with E-state index in [2.05, 4.69) is 23.8 Å². The van der Waals surface area contributed by atoms with Crippen molar-refractivity contribution in [3.05, 3.63) is 76.6 Å². The lowest BCUT2D eigenvalue weighted by Crippen LogP contribution is -2.08. The summed E-state index contributed by atoms with van der Waals surface area (Å²) in [6.45, 7) is 4.30. The summed E-state index contributed by atoms with van der Waals surface area (Å²) in [4.78, 5) is 21.3. The molecule has 2 aromatic carbocycles. The minimum atomic E-state index is -0.443. The van der Waals surface area contributed by atoms with Crippen molar-refractivity contribution in [2.24, 2.45) is 0 Å². The third kappa shape index (κ3) is 5.90. The Morgan fingerprint density at radius 3 is 2.27 bits per heavy atom. The molecular weight excluding hydrogens is 396 g/mol. The van der Waals surface area contributed by atoms with Crippen molar-refractivity contribution >= 4 is 17.6 Å². The van der Waals surface area contributed by atoms with E-state index in [4.69, 9.17) is 16.3 Å². The first kappa shape index (κ1) is 22.0. The number of carbonyl (C=O) groups excluding carboxylic acids is 1. The van der Waals surface area contributed by atoms with Gasteiger partial charge in [-0.05, 0) is 54.7 Å². The molecule has 1 heterocycles. The molecule has 0 fully saturated rings. The van der Waals surface area contributed by atoms with Gasteiger partial charge in [0.05, 0.1) is 10.6 Å². The Bertz CT molecular complexity index is 969. The Balaban J connectivity index is 1.64. The minimum absolute atomic E-state index is 0.375. The molecule has 0 aliphatic carbocycles. The molecule has 30 heavy (non-hydrogen) atoms. The van der Waals surface area contributed by atoms with Gasteiger partial charge in [-0.15, -0.1) is 0 Å². The van der Waals surface area contributed by atoms with E-state index in [1.165, 1.54) is 12.8 Å². The molecule has 156 valence electrons. The van der Waals surface area contributed by atoms with Crippen LogP contribution in [-0.4, -0.2) is 15.9 Å². The number of carbonyl (C=O) groups is 1. The molecule has 3 aromatic rings. The van der Waals surface area contributed by atoms with Gasteiger partial charge in [0.2, 0.25) is 0 Å². The van der Waals surface area contributed by atoms with E-state index >= 15 is 0 Å². The van der Waals surface area contributed by atoms with Crippen LogP contribution in [-0.2, 0) is 12.8 Å². The number of hydrogen-bond acceptors (Lipinski definition) is 4. The lowest BCUT2D eigenvalue weighted by molar-refractivity contribution is 0.0735. The number of benzene rings is 2. The SMILES string of the molecule is CCCCCc1ccc(OC(=O)c2ccc(-c3ncc(CCC)cn3)cc2)c(Cl)c1. The Morgan fingerprint density at radius 2 is 1.63 bits per heavy atom. The second-order valence-electron chi connectivity index (χ2n) is 7.35. The van der Waals surface area contributed by atoms with Crippen LogP contribution in [0, 0.1) is 0 Å². The van der Waals surface area contributed by atoms with Crippen LogP contribution in [0.1, 0.15) is 61.0 Å². The van der Waals surface area contributed by atoms with Gasteiger partial charge >= 0.3 is 5.97 Å². The number of nitrogens with zero attached hydrogens (tertiary/aromatic N) is 2. The lowest BCUT2D eigenvalue weighted by atomic mass is 10.1. The van der Waals surface area contributed by atoms with E-state index in [0.717, 1.165) is 42.4 Å². The van der Waals surface area contributed by atoms with Crippen LogP contribution in [0.25, 0.3) is 11.4 Å². The van der Waals surface area contributed by atoms with Gasteiger partial charge in [0.15, 0.2) is 5.82 Å². The third-order valence-corrected chi connectivity index (χ3v) is 5.19. The van der Waals surface area contributed by atoms with Gasteiger partial charge in [-0.2, -0.15) is 0 Å². The summed E-state index contributed by atoms with van der Waals surface area (Å²) in [6.07, 6.45) is 10.2. The zero-order valence-electron chi connectivity index (χ0n) is 17.5. The van der Waals surface area contributed by atoms with E-state index in [-0.39, 0.29) is 0 Å². The van der Waals surface area contributed by atoms with E-state index in [9.17, 15) is 4.79 Å². The number of unbranched alkanes of at least 4 members (excludes halogenated alkanes) is 2. The van der Waals surface area contributed by atoms with Crippen molar-refractivity contribution in [2.75, 3.05) is 0 Å². The molecule has 0 aliphatic rings. The first-order valence-corrected chi connectivity index (χ1v) is 10.9. The number of aromatic nitrogens is 2. The van der Waals surface area contributed by atoms with Crippen LogP contribution >= 0.6 is 11.6 Å². The largest absolute Gasteiger partial charge is 0.421 e. The van der Waals surface area contributed by atoms with Crippen LogP contribution in [0.2, 0.25) is 5.02 Å². The number of rotatable bonds is 9. The van der Waals surface area contributed by atoms with Crippen molar-refractivity contribution in [3.8, 4) is 17.1 Å². The van der Waals surface area contributed by atoms with Gasteiger partial charge in [-0.25, -0.2) is 14.8 Å². The van der Waals surface area contributed by atoms with Gasteiger partial charge in [-0.3, -0.25) is 0 Å². The number of halogens is 1. The van der Waals surface area contributed by atoms with Gasteiger partial charge in [0, 0.05) is 18.0 Å². The number of ether oxygens (including phenoxy) is 1. The van der Waals surface area contributed by atoms with E-state index in [0.29, 0.717) is 22.2 Å². The molecule has 0 unspecified atom stereocenters. The molecule has 4 nitrogen and oxygen atoms in total. The highest BCUT2D eigenvalue weighted by atomic mass is 35.5. The van der Waals surface area contributed by atoms with E-state index in [1.807, 2.05) is 36.7 Å². The average Bonchev–Trinajstić information content (AvgIpc) is 2.76. The Morgan fingerprint density at radius 1 is 0.900 bits per heavy atom. The molecule has 0 aliphatic heterocycles. The van der Waals surface area contributed by atoms with Gasteiger partial charge in [0.1, 0.15) is 5.75 Å². The van der Waals surface area contributed by atoms with Crippen LogP contribution in [0.5, 0.6) is 5.75 Å². The summed E-state index contributed by atoms with van der Waals surface area (Å²) in [7, 11) is 0. The fourth-order valence-corrected chi connectivity index (χ4v) is 3.44. The monoisotopic (exact) mass is 422 g/mol. The van der Waals surface area contributed by atoms with Crippen molar-refractivity contribution in [3.63, 3.8) is 0 Å². The molecule has 0 amide bonds. The van der Waals surface area contributed by atoms with Crippen molar-refractivity contribution in [2.45, 2.75) is 52.4 Å². The zero-order valence-corrected chi connectivity index (χ0v) is 18.3. The maximum absolute atomic E-state index is 12.5. The van der Waals surface area contributed by atoms with Crippen LogP contribution < -0.4 is 4.74 Å². The number of esters is 1. The summed E-state index contributed by atoms with van der Waals surface area (Å²) >= 11 is 6.32. The number of aryl methyl sites for hydroxylation is 2. The Kier molecular flexibility index (Phi) is 7.97. The van der Waals surface area contributed by atoms with Crippen LogP contribution in [0.4, 0.5) is 0 Å². The topological polar surface area (TPSA) is 52.1 Å². The van der Waals surface area contributed by atoms with Gasteiger partial charge < -0.3 is 4.74 Å². The standard InChI is InChI=1S/C25H27ClN2O2/c1-3-5-6-8-18-9-14-23(22(26)15-18)30-25(29)21-12-10-20(11-13-21)24-27-16-19(7-4-2)17-28-24/h9-17H,3-8H2,1-2H3. The molecule has 0 spiro atoms. The summed E-state index contributed by atoms with van der Waals surface area (Å²) in [5.74, 6) is 0.567. The lowest BCUT2D eigenvalue weighted by Gasteiger charge is -2.09. The second-order valence-corrected chi connectivity index (χ2v) is 7.76. The summed E-state index contributed by atoms with van der Waals surface area (Å²) in [6, 6.07) is 12.7. The summed E-state index contributed by atoms with van der Waals surface area (Å²) in [5, 5.41) is 0.453. The van der Waals surface area contributed by atoms with Crippen molar-refractivity contribution < 1.29 is 9.53 Å². The minimum Gasteiger partial charge on any atom is -0.421 e. The molecule has 0 saturated heterocycles. The zero-order chi connectivity index (χ0) is 21.3. The molecule has 3 rings (SSSR count).